The van der Waals surface area contributed by atoms with E-state index in [-0.39, 0.29) is 5.41 Å². The maximum absolute atomic E-state index is 9.34. The summed E-state index contributed by atoms with van der Waals surface area (Å²) in [5.41, 5.74) is 7.57. The fraction of sp³-hybridized carbons (Fsp3) is 0.375. The summed E-state index contributed by atoms with van der Waals surface area (Å²) in [7, 11) is 0. The number of rotatable bonds is 2. The Morgan fingerprint density at radius 2 is 2.25 bits per heavy atom. The fourth-order valence-corrected chi connectivity index (χ4v) is 2.80. The Balaban J connectivity index is 2.03. The molecule has 2 heterocycles. The van der Waals surface area contributed by atoms with Crippen molar-refractivity contribution in [2.24, 2.45) is 11.1 Å². The minimum absolute atomic E-state index is 0.153. The van der Waals surface area contributed by atoms with Crippen molar-refractivity contribution in [3.63, 3.8) is 0 Å². The molecule has 1 aromatic heterocycles. The first-order valence-corrected chi connectivity index (χ1v) is 6.90. The molecule has 0 spiro atoms. The second-order valence-corrected chi connectivity index (χ2v) is 5.84. The van der Waals surface area contributed by atoms with E-state index in [2.05, 4.69) is 17.9 Å². The highest BCUT2D eigenvalue weighted by molar-refractivity contribution is 5.86. The van der Waals surface area contributed by atoms with Crippen LogP contribution in [0.1, 0.15) is 18.9 Å². The average molecular weight is 266 g/mol. The van der Waals surface area contributed by atoms with Gasteiger partial charge in [-0.2, -0.15) is 5.26 Å². The van der Waals surface area contributed by atoms with Crippen LogP contribution >= 0.6 is 0 Å². The number of benzene rings is 1. The van der Waals surface area contributed by atoms with Crippen molar-refractivity contribution in [2.75, 3.05) is 24.5 Å². The van der Waals surface area contributed by atoms with E-state index in [0.717, 1.165) is 36.2 Å². The monoisotopic (exact) mass is 266 g/mol. The van der Waals surface area contributed by atoms with E-state index in [0.29, 0.717) is 12.1 Å². The lowest BCUT2D eigenvalue weighted by molar-refractivity contribution is 0.383. The van der Waals surface area contributed by atoms with E-state index >= 15 is 0 Å². The van der Waals surface area contributed by atoms with Gasteiger partial charge in [0, 0.05) is 18.5 Å². The lowest BCUT2D eigenvalue weighted by atomic mass is 9.90. The highest BCUT2D eigenvalue weighted by Crippen LogP contribution is 2.32. The lowest BCUT2D eigenvalue weighted by Gasteiger charge is -2.23. The SMILES string of the molecule is CC1(CN)CCN(c2cc(C#N)c3ccccc3n2)C1. The van der Waals surface area contributed by atoms with Crippen LogP contribution in [0.4, 0.5) is 5.82 Å². The Hall–Kier alpha value is -2.12. The van der Waals surface area contributed by atoms with Gasteiger partial charge in [0.05, 0.1) is 17.1 Å². The fourth-order valence-electron chi connectivity index (χ4n) is 2.80. The molecule has 1 aliphatic heterocycles. The van der Waals surface area contributed by atoms with Crippen LogP contribution in [0.2, 0.25) is 0 Å². The van der Waals surface area contributed by atoms with E-state index in [4.69, 9.17) is 10.7 Å². The Morgan fingerprint density at radius 3 is 2.95 bits per heavy atom. The summed E-state index contributed by atoms with van der Waals surface area (Å²) in [6, 6.07) is 12.0. The van der Waals surface area contributed by atoms with Crippen molar-refractivity contribution in [3.05, 3.63) is 35.9 Å². The molecule has 0 aliphatic carbocycles. The van der Waals surface area contributed by atoms with Crippen molar-refractivity contribution < 1.29 is 0 Å². The Bertz CT molecular complexity index is 688. The first kappa shape index (κ1) is 12.9. The zero-order valence-corrected chi connectivity index (χ0v) is 11.6. The lowest BCUT2D eigenvalue weighted by Crippen LogP contribution is -2.31. The van der Waals surface area contributed by atoms with Crippen molar-refractivity contribution in [2.45, 2.75) is 13.3 Å². The molecule has 1 aromatic carbocycles. The number of anilines is 1. The molecule has 1 unspecified atom stereocenters. The van der Waals surface area contributed by atoms with Gasteiger partial charge in [0.15, 0.2) is 0 Å². The number of nitrogens with zero attached hydrogens (tertiary/aromatic N) is 3. The maximum atomic E-state index is 9.34. The molecule has 20 heavy (non-hydrogen) atoms. The molecule has 1 fully saturated rings. The van der Waals surface area contributed by atoms with Crippen LogP contribution < -0.4 is 10.6 Å². The largest absolute Gasteiger partial charge is 0.356 e. The van der Waals surface area contributed by atoms with Crippen LogP contribution in [0.25, 0.3) is 10.9 Å². The molecule has 0 saturated carbocycles. The van der Waals surface area contributed by atoms with E-state index in [9.17, 15) is 5.26 Å². The van der Waals surface area contributed by atoms with Gasteiger partial charge in [-0.3, -0.25) is 0 Å². The summed E-state index contributed by atoms with van der Waals surface area (Å²) in [6.07, 6.45) is 1.07. The third-order valence-corrected chi connectivity index (χ3v) is 4.20. The summed E-state index contributed by atoms with van der Waals surface area (Å²) in [6.45, 7) is 4.74. The van der Waals surface area contributed by atoms with Gasteiger partial charge in [-0.05, 0) is 30.5 Å². The van der Waals surface area contributed by atoms with E-state index in [1.165, 1.54) is 0 Å². The number of nitrogens with two attached hydrogens (primary N) is 1. The van der Waals surface area contributed by atoms with Crippen LogP contribution in [0.5, 0.6) is 0 Å². The summed E-state index contributed by atoms with van der Waals surface area (Å²) >= 11 is 0. The van der Waals surface area contributed by atoms with Gasteiger partial charge >= 0.3 is 0 Å². The van der Waals surface area contributed by atoms with Gasteiger partial charge in [-0.1, -0.05) is 25.1 Å². The summed E-state index contributed by atoms with van der Waals surface area (Å²) in [4.78, 5) is 6.94. The van der Waals surface area contributed by atoms with Crippen LogP contribution in [0, 0.1) is 16.7 Å². The van der Waals surface area contributed by atoms with Gasteiger partial charge in [0.25, 0.3) is 0 Å². The van der Waals surface area contributed by atoms with Gasteiger partial charge in [-0.25, -0.2) is 4.98 Å². The molecule has 0 radical (unpaired) electrons. The molecule has 2 N–H and O–H groups in total. The molecule has 2 aromatic rings. The third-order valence-electron chi connectivity index (χ3n) is 4.20. The number of nitriles is 1. The van der Waals surface area contributed by atoms with Crippen molar-refractivity contribution in [1.29, 1.82) is 5.26 Å². The van der Waals surface area contributed by atoms with Gasteiger partial charge in [-0.15, -0.1) is 0 Å². The number of aromatic nitrogens is 1. The zero-order chi connectivity index (χ0) is 14.2. The van der Waals surface area contributed by atoms with E-state index in [1.54, 1.807) is 0 Å². The molecular formula is C16H18N4. The van der Waals surface area contributed by atoms with Crippen LogP contribution in [-0.4, -0.2) is 24.6 Å². The number of hydrogen-bond acceptors (Lipinski definition) is 4. The third kappa shape index (κ3) is 2.10. The van der Waals surface area contributed by atoms with Gasteiger partial charge < -0.3 is 10.6 Å². The Morgan fingerprint density at radius 1 is 1.45 bits per heavy atom. The standard InChI is InChI=1S/C16H18N4/c1-16(10-18)6-7-20(11-16)15-8-12(9-17)13-4-2-3-5-14(13)19-15/h2-5,8H,6-7,10-11,18H2,1H3. The minimum atomic E-state index is 0.153. The Kier molecular flexibility index (Phi) is 3.07. The highest BCUT2D eigenvalue weighted by atomic mass is 15.2. The predicted molar refractivity (Wildman–Crippen MR) is 80.4 cm³/mol. The van der Waals surface area contributed by atoms with E-state index in [1.807, 2.05) is 30.3 Å². The van der Waals surface area contributed by atoms with E-state index < -0.39 is 0 Å². The molecular weight excluding hydrogens is 248 g/mol. The quantitative estimate of drug-likeness (QED) is 0.905. The highest BCUT2D eigenvalue weighted by Gasteiger charge is 2.33. The number of para-hydroxylation sites is 1. The average Bonchev–Trinajstić information content (AvgIpc) is 2.89. The minimum Gasteiger partial charge on any atom is -0.356 e. The van der Waals surface area contributed by atoms with Gasteiger partial charge in [0.1, 0.15) is 5.82 Å². The van der Waals surface area contributed by atoms with Gasteiger partial charge in [0.2, 0.25) is 0 Å². The first-order chi connectivity index (χ1) is 9.65. The number of fused-ring (bicyclic) bond motifs is 1. The van der Waals surface area contributed by atoms with Crippen LogP contribution in [0.15, 0.2) is 30.3 Å². The topological polar surface area (TPSA) is 65.9 Å². The molecule has 102 valence electrons. The summed E-state index contributed by atoms with van der Waals surface area (Å²) in [5.74, 6) is 0.887. The van der Waals surface area contributed by atoms with Crippen molar-refractivity contribution in [1.82, 2.24) is 4.98 Å². The molecule has 0 bridgehead atoms. The smallest absolute Gasteiger partial charge is 0.130 e. The molecule has 4 heteroatoms. The Labute approximate surface area is 118 Å². The van der Waals surface area contributed by atoms with Crippen LogP contribution in [0.3, 0.4) is 0 Å². The zero-order valence-electron chi connectivity index (χ0n) is 11.6. The normalized spacial score (nSPS) is 22.1. The number of pyridine rings is 1. The predicted octanol–water partition coefficient (Wildman–Crippen LogP) is 2.28. The molecule has 1 aliphatic rings. The van der Waals surface area contributed by atoms with Crippen molar-refractivity contribution in [3.8, 4) is 6.07 Å². The van der Waals surface area contributed by atoms with Crippen LogP contribution in [-0.2, 0) is 0 Å². The van der Waals surface area contributed by atoms with Crippen molar-refractivity contribution >= 4 is 16.7 Å². The molecule has 3 rings (SSSR count). The second-order valence-electron chi connectivity index (χ2n) is 5.84. The summed E-state index contributed by atoms with van der Waals surface area (Å²) in [5, 5.41) is 10.3. The summed E-state index contributed by atoms with van der Waals surface area (Å²) < 4.78 is 0. The second kappa shape index (κ2) is 4.77. The maximum Gasteiger partial charge on any atom is 0.130 e. The molecule has 4 nitrogen and oxygen atoms in total. The molecule has 0 amide bonds. The molecule has 1 atom stereocenters. The number of hydrogen-bond donors (Lipinski definition) is 1. The molecule has 1 saturated heterocycles. The first-order valence-electron chi connectivity index (χ1n) is 6.90.